The highest BCUT2D eigenvalue weighted by Crippen LogP contribution is 2.29. The second kappa shape index (κ2) is 5.26. The zero-order valence-corrected chi connectivity index (χ0v) is 11.7. The lowest BCUT2D eigenvalue weighted by atomic mass is 10.1. The van der Waals surface area contributed by atoms with Gasteiger partial charge in [0.1, 0.15) is 22.5 Å². The van der Waals surface area contributed by atoms with E-state index >= 15 is 0 Å². The molecule has 0 saturated carbocycles. The van der Waals surface area contributed by atoms with Gasteiger partial charge in [-0.15, -0.1) is 0 Å². The molecule has 6 heteroatoms. The van der Waals surface area contributed by atoms with Gasteiger partial charge in [0.15, 0.2) is 5.82 Å². The van der Waals surface area contributed by atoms with Crippen LogP contribution < -0.4 is 4.74 Å². The Bertz CT molecular complexity index is 819. The van der Waals surface area contributed by atoms with Gasteiger partial charge < -0.3 is 4.74 Å². The van der Waals surface area contributed by atoms with E-state index in [9.17, 15) is 8.78 Å². The largest absolute Gasteiger partial charge is 0.497 e. The fourth-order valence-corrected chi connectivity index (χ4v) is 2.26. The highest BCUT2D eigenvalue weighted by molar-refractivity contribution is 6.34. The second-order valence-corrected chi connectivity index (χ2v) is 4.68. The average Bonchev–Trinajstić information content (AvgIpc) is 2.46. The second-order valence-electron chi connectivity index (χ2n) is 4.32. The van der Waals surface area contributed by atoms with Crippen LogP contribution in [0.1, 0.15) is 0 Å². The van der Waals surface area contributed by atoms with Gasteiger partial charge in [-0.1, -0.05) is 17.7 Å². The minimum atomic E-state index is -0.742. The van der Waals surface area contributed by atoms with E-state index in [1.165, 1.54) is 13.2 Å². The molecule has 0 amide bonds. The van der Waals surface area contributed by atoms with Crippen molar-refractivity contribution in [3.8, 4) is 17.1 Å². The lowest BCUT2D eigenvalue weighted by Crippen LogP contribution is -1.97. The molecule has 0 saturated heterocycles. The van der Waals surface area contributed by atoms with Crippen LogP contribution in [0.2, 0.25) is 5.15 Å². The normalized spacial score (nSPS) is 10.9. The number of hydrogen-bond acceptors (Lipinski definition) is 3. The summed E-state index contributed by atoms with van der Waals surface area (Å²) in [7, 11) is 1.52. The van der Waals surface area contributed by atoms with E-state index in [2.05, 4.69) is 9.97 Å². The van der Waals surface area contributed by atoms with Gasteiger partial charge in [0, 0.05) is 11.5 Å². The molecule has 0 atom stereocenters. The fraction of sp³-hybridized carbons (Fsp3) is 0.0667. The summed E-state index contributed by atoms with van der Waals surface area (Å²) < 4.78 is 32.8. The molecule has 3 aromatic rings. The van der Waals surface area contributed by atoms with Crippen LogP contribution in [-0.4, -0.2) is 17.1 Å². The smallest absolute Gasteiger partial charge is 0.167 e. The molecule has 0 unspecified atom stereocenters. The number of ether oxygens (including phenoxy) is 1. The Morgan fingerprint density at radius 1 is 1.05 bits per heavy atom. The van der Waals surface area contributed by atoms with Gasteiger partial charge in [0.05, 0.1) is 18.2 Å². The van der Waals surface area contributed by atoms with Crippen LogP contribution in [-0.2, 0) is 0 Å². The molecule has 3 nitrogen and oxygen atoms in total. The van der Waals surface area contributed by atoms with Gasteiger partial charge in [-0.3, -0.25) is 0 Å². The van der Waals surface area contributed by atoms with Crippen molar-refractivity contribution in [3.63, 3.8) is 0 Å². The Morgan fingerprint density at radius 2 is 1.76 bits per heavy atom. The minimum Gasteiger partial charge on any atom is -0.497 e. The predicted molar refractivity (Wildman–Crippen MR) is 76.5 cm³/mol. The Kier molecular flexibility index (Phi) is 3.43. The third-order valence-corrected chi connectivity index (χ3v) is 3.33. The topological polar surface area (TPSA) is 35.0 Å². The van der Waals surface area contributed by atoms with E-state index in [0.717, 1.165) is 12.1 Å². The number of nitrogens with zero attached hydrogens (tertiary/aromatic N) is 2. The zero-order chi connectivity index (χ0) is 15.0. The van der Waals surface area contributed by atoms with Gasteiger partial charge in [-0.2, -0.15) is 0 Å². The first kappa shape index (κ1) is 13.7. The van der Waals surface area contributed by atoms with Crippen molar-refractivity contribution in [3.05, 3.63) is 53.2 Å². The van der Waals surface area contributed by atoms with Gasteiger partial charge in [0.25, 0.3) is 0 Å². The standard InChI is InChI=1S/C15H9ClF2N2O/c1-21-8-5-6-9-12(7-8)19-15(20-14(9)16)13-10(17)3-2-4-11(13)18/h2-7H,1H3. The predicted octanol–water partition coefficient (Wildman–Crippen LogP) is 4.24. The SMILES string of the molecule is COc1ccc2c(Cl)nc(-c3c(F)cccc3F)nc2c1. The maximum absolute atomic E-state index is 13.8. The van der Waals surface area contributed by atoms with Crippen LogP contribution in [0.15, 0.2) is 36.4 Å². The first-order valence-electron chi connectivity index (χ1n) is 6.06. The van der Waals surface area contributed by atoms with E-state index in [1.54, 1.807) is 18.2 Å². The zero-order valence-electron chi connectivity index (χ0n) is 10.9. The maximum Gasteiger partial charge on any atom is 0.167 e. The minimum absolute atomic E-state index is 0.101. The van der Waals surface area contributed by atoms with Crippen LogP contribution >= 0.6 is 11.6 Å². The first-order chi connectivity index (χ1) is 10.1. The molecule has 0 radical (unpaired) electrons. The molecule has 3 rings (SSSR count). The van der Waals surface area contributed by atoms with Crippen molar-refractivity contribution in [1.29, 1.82) is 0 Å². The average molecular weight is 307 g/mol. The van der Waals surface area contributed by atoms with E-state index in [-0.39, 0.29) is 16.5 Å². The summed E-state index contributed by atoms with van der Waals surface area (Å²) in [6.45, 7) is 0. The lowest BCUT2D eigenvalue weighted by molar-refractivity contribution is 0.415. The highest BCUT2D eigenvalue weighted by atomic mass is 35.5. The van der Waals surface area contributed by atoms with Crippen molar-refractivity contribution in [2.75, 3.05) is 7.11 Å². The van der Waals surface area contributed by atoms with Gasteiger partial charge in [0.2, 0.25) is 0 Å². The van der Waals surface area contributed by atoms with E-state index in [4.69, 9.17) is 16.3 Å². The Morgan fingerprint density at radius 3 is 2.43 bits per heavy atom. The number of hydrogen-bond donors (Lipinski definition) is 0. The molecule has 106 valence electrons. The molecule has 2 aromatic carbocycles. The van der Waals surface area contributed by atoms with E-state index in [1.807, 2.05) is 0 Å². The summed E-state index contributed by atoms with van der Waals surface area (Å²) in [5.41, 5.74) is 0.149. The number of rotatable bonds is 2. The Labute approximate surface area is 124 Å². The van der Waals surface area contributed by atoms with Crippen LogP contribution in [0.3, 0.4) is 0 Å². The van der Waals surface area contributed by atoms with E-state index in [0.29, 0.717) is 16.7 Å². The van der Waals surface area contributed by atoms with E-state index < -0.39 is 11.6 Å². The summed E-state index contributed by atoms with van der Waals surface area (Å²) >= 11 is 6.08. The monoisotopic (exact) mass is 306 g/mol. The molecular weight excluding hydrogens is 298 g/mol. The van der Waals surface area contributed by atoms with Crippen LogP contribution in [0, 0.1) is 11.6 Å². The summed E-state index contributed by atoms with van der Waals surface area (Å²) in [6.07, 6.45) is 0. The van der Waals surface area contributed by atoms with Crippen LogP contribution in [0.5, 0.6) is 5.75 Å². The maximum atomic E-state index is 13.8. The summed E-state index contributed by atoms with van der Waals surface area (Å²) in [4.78, 5) is 8.16. The molecule has 0 aliphatic carbocycles. The summed E-state index contributed by atoms with van der Waals surface area (Å²) in [5, 5.41) is 0.707. The molecule has 0 aliphatic rings. The molecule has 0 bridgehead atoms. The van der Waals surface area contributed by atoms with Crippen LogP contribution in [0.4, 0.5) is 8.78 Å². The third kappa shape index (κ3) is 2.40. The van der Waals surface area contributed by atoms with Crippen molar-refractivity contribution < 1.29 is 13.5 Å². The fourth-order valence-electron chi connectivity index (χ4n) is 2.02. The number of methoxy groups -OCH3 is 1. The van der Waals surface area contributed by atoms with Crippen molar-refractivity contribution in [2.24, 2.45) is 0 Å². The number of aromatic nitrogens is 2. The Hall–Kier alpha value is -2.27. The van der Waals surface area contributed by atoms with Gasteiger partial charge >= 0.3 is 0 Å². The van der Waals surface area contributed by atoms with Gasteiger partial charge in [-0.05, 0) is 24.3 Å². The lowest BCUT2D eigenvalue weighted by Gasteiger charge is -2.07. The molecular formula is C15H9ClF2N2O. The molecule has 0 spiro atoms. The van der Waals surface area contributed by atoms with Gasteiger partial charge in [-0.25, -0.2) is 18.7 Å². The summed E-state index contributed by atoms with van der Waals surface area (Å²) in [6, 6.07) is 8.60. The summed E-state index contributed by atoms with van der Waals surface area (Å²) in [5.74, 6) is -1.02. The van der Waals surface area contributed by atoms with Crippen LogP contribution in [0.25, 0.3) is 22.3 Å². The molecule has 1 heterocycles. The number of fused-ring (bicyclic) bond motifs is 1. The third-order valence-electron chi connectivity index (χ3n) is 3.04. The molecule has 0 aliphatic heterocycles. The van der Waals surface area contributed by atoms with Crippen molar-refractivity contribution in [2.45, 2.75) is 0 Å². The van der Waals surface area contributed by atoms with Crippen molar-refractivity contribution >= 4 is 22.5 Å². The molecule has 0 fully saturated rings. The quantitative estimate of drug-likeness (QED) is 0.664. The van der Waals surface area contributed by atoms with Crippen molar-refractivity contribution in [1.82, 2.24) is 9.97 Å². The molecule has 1 aromatic heterocycles. The Balaban J connectivity index is 2.29. The molecule has 0 N–H and O–H groups in total. The first-order valence-corrected chi connectivity index (χ1v) is 6.43. The number of benzene rings is 2. The molecule has 21 heavy (non-hydrogen) atoms. The number of halogens is 3. The highest BCUT2D eigenvalue weighted by Gasteiger charge is 2.16.